The van der Waals surface area contributed by atoms with Gasteiger partial charge in [0.15, 0.2) is 0 Å². The summed E-state index contributed by atoms with van der Waals surface area (Å²) in [5.74, 6) is 0.184. The number of H-pyrrole nitrogens is 1. The Hall–Kier alpha value is -3.23. The monoisotopic (exact) mass is 443 g/mol. The number of rotatable bonds is 7. The molecule has 2 aromatic carbocycles. The third kappa shape index (κ3) is 3.79. The molecule has 3 N–H and O–H groups in total. The molecule has 0 saturated carbocycles. The number of primary amides is 1. The van der Waals surface area contributed by atoms with E-state index in [0.717, 1.165) is 0 Å². The Kier molecular flexibility index (Phi) is 5.27. The van der Waals surface area contributed by atoms with Crippen LogP contribution in [-0.4, -0.2) is 25.9 Å². The smallest absolute Gasteiger partial charge is 0.237 e. The van der Waals surface area contributed by atoms with Crippen LogP contribution in [0.4, 0.5) is 5.82 Å². The maximum Gasteiger partial charge on any atom is 0.237 e. The normalized spacial score (nSPS) is 11.6. The number of halogens is 1. The third-order valence-corrected chi connectivity index (χ3v) is 6.68. The van der Waals surface area contributed by atoms with Crippen molar-refractivity contribution in [2.24, 2.45) is 5.73 Å². The van der Waals surface area contributed by atoms with Gasteiger partial charge in [-0.1, -0.05) is 29.8 Å². The van der Waals surface area contributed by atoms with E-state index < -0.39 is 15.7 Å². The second-order valence-corrected chi connectivity index (χ2v) is 9.03. The molecule has 0 aliphatic carbocycles. The highest BCUT2D eigenvalue weighted by Crippen LogP contribution is 2.38. The number of nitrogens with two attached hydrogens (primary N) is 1. The first kappa shape index (κ1) is 20.1. The van der Waals surface area contributed by atoms with E-state index in [0.29, 0.717) is 21.7 Å². The Morgan fingerprint density at radius 1 is 1.10 bits per heavy atom. The first-order chi connectivity index (χ1) is 14.4. The number of aromatic amines is 1. The topological polar surface area (TPSA) is 109 Å². The maximum atomic E-state index is 13.6. The van der Waals surface area contributed by atoms with E-state index in [1.807, 2.05) is 0 Å². The van der Waals surface area contributed by atoms with E-state index in [-0.39, 0.29) is 28.7 Å². The van der Waals surface area contributed by atoms with E-state index in [9.17, 15) is 13.2 Å². The average Bonchev–Trinajstić information content (AvgIpc) is 3.35. The molecule has 2 aromatic heterocycles. The van der Waals surface area contributed by atoms with Gasteiger partial charge in [-0.25, -0.2) is 8.42 Å². The van der Waals surface area contributed by atoms with Crippen LogP contribution in [0.2, 0.25) is 5.02 Å². The third-order valence-electron chi connectivity index (χ3n) is 4.61. The highest BCUT2D eigenvalue weighted by Gasteiger charge is 2.30. The molecular formula is C21H18ClN3O4S. The summed E-state index contributed by atoms with van der Waals surface area (Å²) in [6, 6.07) is 16.5. The molecule has 0 fully saturated rings. The summed E-state index contributed by atoms with van der Waals surface area (Å²) < 4.78 is 32.6. The first-order valence-electron chi connectivity index (χ1n) is 9.03. The number of hydrogen-bond donors (Lipinski definition) is 2. The predicted octanol–water partition coefficient (Wildman–Crippen LogP) is 3.74. The molecule has 4 rings (SSSR count). The van der Waals surface area contributed by atoms with Crippen molar-refractivity contribution in [3.05, 3.63) is 77.7 Å². The minimum Gasteiger partial charge on any atom is -0.467 e. The highest BCUT2D eigenvalue weighted by atomic mass is 35.5. The Balaban J connectivity index is 1.96. The molecule has 0 bridgehead atoms. The summed E-state index contributed by atoms with van der Waals surface area (Å²) in [5, 5.41) is 0.820. The van der Waals surface area contributed by atoms with E-state index in [1.165, 1.54) is 18.4 Å². The lowest BCUT2D eigenvalue weighted by molar-refractivity contribution is -0.116. The molecule has 0 unspecified atom stereocenters. The number of amides is 1. The molecule has 2 heterocycles. The Bertz CT molecular complexity index is 1300. The lowest BCUT2D eigenvalue weighted by atomic mass is 10.2. The van der Waals surface area contributed by atoms with Crippen molar-refractivity contribution in [1.29, 1.82) is 0 Å². The molecule has 7 nitrogen and oxygen atoms in total. The summed E-state index contributed by atoms with van der Waals surface area (Å²) in [6.45, 7) is -0.0631. The quantitative estimate of drug-likeness (QED) is 0.452. The number of anilines is 1. The lowest BCUT2D eigenvalue weighted by Gasteiger charge is -2.22. The molecule has 9 heteroatoms. The van der Waals surface area contributed by atoms with E-state index in [2.05, 4.69) is 4.98 Å². The van der Waals surface area contributed by atoms with Gasteiger partial charge in [0.25, 0.3) is 0 Å². The van der Waals surface area contributed by atoms with Crippen molar-refractivity contribution < 1.29 is 17.6 Å². The molecule has 0 aliphatic rings. The lowest BCUT2D eigenvalue weighted by Crippen LogP contribution is -2.34. The number of nitrogens with zero attached hydrogens (tertiary/aromatic N) is 1. The van der Waals surface area contributed by atoms with Gasteiger partial charge >= 0.3 is 0 Å². The molecule has 154 valence electrons. The van der Waals surface area contributed by atoms with Crippen LogP contribution in [0.3, 0.4) is 0 Å². The molecule has 0 atom stereocenters. The van der Waals surface area contributed by atoms with Crippen LogP contribution in [0.1, 0.15) is 5.76 Å². The number of nitrogens with one attached hydrogen (secondary N) is 1. The van der Waals surface area contributed by atoms with E-state index in [4.69, 9.17) is 21.8 Å². The van der Waals surface area contributed by atoms with Gasteiger partial charge in [-0.3, -0.25) is 4.79 Å². The van der Waals surface area contributed by atoms with Gasteiger partial charge in [0, 0.05) is 15.9 Å². The van der Waals surface area contributed by atoms with Crippen molar-refractivity contribution >= 4 is 44.1 Å². The van der Waals surface area contributed by atoms with Gasteiger partial charge in [0.2, 0.25) is 15.7 Å². The molecule has 30 heavy (non-hydrogen) atoms. The number of benzene rings is 2. The number of furan rings is 1. The van der Waals surface area contributed by atoms with Gasteiger partial charge in [-0.2, -0.15) is 0 Å². The Labute approximate surface area is 178 Å². The number of fused-ring (bicyclic) bond motifs is 1. The average molecular weight is 444 g/mol. The van der Waals surface area contributed by atoms with Crippen LogP contribution in [0.25, 0.3) is 10.9 Å². The van der Waals surface area contributed by atoms with Gasteiger partial charge in [-0.15, -0.1) is 0 Å². The van der Waals surface area contributed by atoms with Crippen molar-refractivity contribution in [2.75, 3.05) is 11.4 Å². The summed E-state index contributed by atoms with van der Waals surface area (Å²) in [4.78, 5) is 16.6. The van der Waals surface area contributed by atoms with Crippen molar-refractivity contribution in [3.63, 3.8) is 0 Å². The maximum absolute atomic E-state index is 13.6. The predicted molar refractivity (Wildman–Crippen MR) is 114 cm³/mol. The van der Waals surface area contributed by atoms with Crippen LogP contribution in [0.15, 0.2) is 81.1 Å². The first-order valence-corrected chi connectivity index (χ1v) is 10.9. The van der Waals surface area contributed by atoms with Crippen LogP contribution in [0.5, 0.6) is 0 Å². The second kappa shape index (κ2) is 7.89. The number of sulfone groups is 1. The second-order valence-electron chi connectivity index (χ2n) is 6.71. The summed E-state index contributed by atoms with van der Waals surface area (Å²) in [5.41, 5.74) is 6.02. The van der Waals surface area contributed by atoms with Gasteiger partial charge < -0.3 is 20.0 Å². The number of carbonyl (C=O) groups excluding carboxylic acids is 1. The summed E-state index contributed by atoms with van der Waals surface area (Å²) in [6.07, 6.45) is 1.50. The van der Waals surface area contributed by atoms with Crippen molar-refractivity contribution in [1.82, 2.24) is 4.98 Å². The zero-order valence-electron chi connectivity index (χ0n) is 15.7. The number of aromatic nitrogens is 1. The van der Waals surface area contributed by atoms with Crippen molar-refractivity contribution in [3.8, 4) is 0 Å². The highest BCUT2D eigenvalue weighted by molar-refractivity contribution is 7.92. The SMILES string of the molecule is NC(=O)CN(Cc1ccco1)c1[nH]c2ccc(Cl)cc2c1S(=O)(=O)c1ccccc1. The van der Waals surface area contributed by atoms with E-state index >= 15 is 0 Å². The summed E-state index contributed by atoms with van der Waals surface area (Å²) >= 11 is 6.16. The van der Waals surface area contributed by atoms with Gasteiger partial charge in [0.1, 0.15) is 16.5 Å². The largest absolute Gasteiger partial charge is 0.467 e. The molecule has 0 saturated heterocycles. The van der Waals surface area contributed by atoms with Crippen LogP contribution >= 0.6 is 11.6 Å². The zero-order chi connectivity index (χ0) is 21.3. The minimum absolute atomic E-state index is 0.0269. The number of hydrogen-bond acceptors (Lipinski definition) is 5. The van der Waals surface area contributed by atoms with Crippen molar-refractivity contribution in [2.45, 2.75) is 16.3 Å². The summed E-state index contributed by atoms with van der Waals surface area (Å²) in [7, 11) is -3.94. The fourth-order valence-corrected chi connectivity index (χ4v) is 5.15. The number of carbonyl (C=O) groups is 1. The molecule has 0 spiro atoms. The van der Waals surface area contributed by atoms with Crippen LogP contribution < -0.4 is 10.6 Å². The molecular weight excluding hydrogens is 426 g/mol. The van der Waals surface area contributed by atoms with E-state index in [1.54, 1.807) is 53.4 Å². The van der Waals surface area contributed by atoms with Crippen LogP contribution in [-0.2, 0) is 21.2 Å². The molecule has 0 aliphatic heterocycles. The molecule has 4 aromatic rings. The van der Waals surface area contributed by atoms with Crippen LogP contribution in [0, 0.1) is 0 Å². The van der Waals surface area contributed by atoms with Gasteiger partial charge in [0.05, 0.1) is 24.2 Å². The molecule has 1 amide bonds. The fraction of sp³-hybridized carbons (Fsp3) is 0.0952. The van der Waals surface area contributed by atoms with Gasteiger partial charge in [-0.05, 0) is 42.5 Å². The minimum atomic E-state index is -3.94. The fourth-order valence-electron chi connectivity index (χ4n) is 3.33. The Morgan fingerprint density at radius 3 is 2.53 bits per heavy atom. The Morgan fingerprint density at radius 2 is 1.87 bits per heavy atom. The molecule has 0 radical (unpaired) electrons. The standard InChI is InChI=1S/C21H18ClN3O4S/c22-14-8-9-18-17(11-14)20(30(27,28)16-6-2-1-3-7-16)21(24-18)25(13-19(23)26)12-15-5-4-10-29-15/h1-11,24H,12-13H2,(H2,23,26). The zero-order valence-corrected chi connectivity index (χ0v) is 17.3.